The van der Waals surface area contributed by atoms with Crippen LogP contribution in [0.4, 0.5) is 5.69 Å². The number of nitrogens with zero attached hydrogens (tertiary/aromatic N) is 2. The molecular formula is C27H31N3O5S. The minimum Gasteiger partial charge on any atom is -0.495 e. The highest BCUT2D eigenvalue weighted by Gasteiger charge is 2.29. The molecular weight excluding hydrogens is 478 g/mol. The summed E-state index contributed by atoms with van der Waals surface area (Å²) in [5.41, 5.74) is 5.16. The normalized spacial score (nSPS) is 11.5. The number of nitrogens with one attached hydrogen (secondary N) is 1. The van der Waals surface area contributed by atoms with E-state index < -0.39 is 22.5 Å². The van der Waals surface area contributed by atoms with Crippen LogP contribution < -0.4 is 19.2 Å². The number of aryl methyl sites for hydroxylation is 2. The monoisotopic (exact) mass is 509 g/mol. The molecule has 0 atom stereocenters. The predicted molar refractivity (Wildman–Crippen MR) is 141 cm³/mol. The van der Waals surface area contributed by atoms with Gasteiger partial charge in [0.05, 0.1) is 30.0 Å². The fourth-order valence-electron chi connectivity index (χ4n) is 3.38. The van der Waals surface area contributed by atoms with Crippen molar-refractivity contribution in [2.45, 2.75) is 38.7 Å². The molecule has 0 spiro atoms. The largest absolute Gasteiger partial charge is 0.495 e. The molecule has 9 heteroatoms. The van der Waals surface area contributed by atoms with E-state index in [2.05, 4.69) is 10.5 Å². The molecule has 190 valence electrons. The second-order valence-electron chi connectivity index (χ2n) is 8.53. The number of hydrogen-bond donors (Lipinski definition) is 1. The quantitative estimate of drug-likeness (QED) is 0.322. The average Bonchev–Trinajstić information content (AvgIpc) is 2.83. The third-order valence-electron chi connectivity index (χ3n) is 5.15. The number of carbonyl (C=O) groups is 1. The van der Waals surface area contributed by atoms with Gasteiger partial charge in [0, 0.05) is 0 Å². The van der Waals surface area contributed by atoms with Crippen LogP contribution in [0.3, 0.4) is 0 Å². The zero-order valence-corrected chi connectivity index (χ0v) is 21.9. The molecule has 3 rings (SSSR count). The third-order valence-corrected chi connectivity index (χ3v) is 6.93. The van der Waals surface area contributed by atoms with Crippen molar-refractivity contribution in [3.8, 4) is 11.5 Å². The fraction of sp³-hybridized carbons (Fsp3) is 0.259. The molecule has 0 unspecified atom stereocenters. The van der Waals surface area contributed by atoms with Crippen LogP contribution in [0.15, 0.2) is 76.7 Å². The number of methoxy groups -OCH3 is 1. The van der Waals surface area contributed by atoms with E-state index in [9.17, 15) is 13.2 Å². The second-order valence-corrected chi connectivity index (χ2v) is 10.4. The van der Waals surface area contributed by atoms with Crippen molar-refractivity contribution in [3.63, 3.8) is 0 Å². The number of ether oxygens (including phenoxy) is 2. The average molecular weight is 510 g/mol. The Morgan fingerprint density at radius 3 is 2.25 bits per heavy atom. The van der Waals surface area contributed by atoms with Gasteiger partial charge in [0.15, 0.2) is 0 Å². The van der Waals surface area contributed by atoms with E-state index in [0.29, 0.717) is 5.75 Å². The maximum Gasteiger partial charge on any atom is 0.264 e. The summed E-state index contributed by atoms with van der Waals surface area (Å²) in [5.74, 6) is 0.455. The van der Waals surface area contributed by atoms with Gasteiger partial charge in [0.2, 0.25) is 0 Å². The molecule has 0 saturated carbocycles. The summed E-state index contributed by atoms with van der Waals surface area (Å²) in [5, 5.41) is 3.99. The van der Waals surface area contributed by atoms with E-state index in [0.717, 1.165) is 26.7 Å². The van der Waals surface area contributed by atoms with Crippen molar-refractivity contribution in [3.05, 3.63) is 83.4 Å². The molecule has 0 bridgehead atoms. The maximum atomic E-state index is 13.6. The highest BCUT2D eigenvalue weighted by molar-refractivity contribution is 7.92. The number of hydrogen-bond acceptors (Lipinski definition) is 6. The van der Waals surface area contributed by atoms with Gasteiger partial charge in [-0.1, -0.05) is 23.8 Å². The van der Waals surface area contributed by atoms with E-state index in [1.165, 1.54) is 25.5 Å². The predicted octanol–water partition coefficient (Wildman–Crippen LogP) is 4.44. The Hall–Kier alpha value is -3.85. The summed E-state index contributed by atoms with van der Waals surface area (Å²) >= 11 is 0. The molecule has 0 fully saturated rings. The van der Waals surface area contributed by atoms with Gasteiger partial charge >= 0.3 is 0 Å². The maximum absolute atomic E-state index is 13.6. The number of hydrazone groups is 1. The number of carbonyl (C=O) groups excluding carboxylic acids is 1. The minimum absolute atomic E-state index is 0.0648. The van der Waals surface area contributed by atoms with Crippen molar-refractivity contribution in [1.82, 2.24) is 5.43 Å². The standard InChI is InChI=1S/C27H31N3O5S/c1-19(2)35-23-11-9-22(10-12-23)17-28-29-27(31)18-30(25-16-21(4)8-15-26(25)34-5)36(32,33)24-13-6-20(3)7-14-24/h6-17,19H,18H2,1-5H3,(H,29,31)/b28-17-. The first-order valence-corrected chi connectivity index (χ1v) is 12.9. The fourth-order valence-corrected chi connectivity index (χ4v) is 4.80. The van der Waals surface area contributed by atoms with Crippen LogP contribution in [0.1, 0.15) is 30.5 Å². The second kappa shape index (κ2) is 11.7. The lowest BCUT2D eigenvalue weighted by Gasteiger charge is -2.25. The molecule has 36 heavy (non-hydrogen) atoms. The third kappa shape index (κ3) is 6.85. The summed E-state index contributed by atoms with van der Waals surface area (Å²) in [6.07, 6.45) is 1.54. The zero-order chi connectivity index (χ0) is 26.3. The van der Waals surface area contributed by atoms with Crippen LogP contribution in [0.5, 0.6) is 11.5 Å². The number of amides is 1. The molecule has 0 radical (unpaired) electrons. The molecule has 0 aliphatic rings. The Kier molecular flexibility index (Phi) is 8.71. The molecule has 3 aromatic carbocycles. The van der Waals surface area contributed by atoms with Crippen molar-refractivity contribution >= 4 is 27.8 Å². The molecule has 0 aliphatic heterocycles. The first kappa shape index (κ1) is 26.7. The number of rotatable bonds is 10. The Bertz CT molecular complexity index is 1320. The minimum atomic E-state index is -4.08. The molecule has 8 nitrogen and oxygen atoms in total. The first-order valence-electron chi connectivity index (χ1n) is 11.4. The van der Waals surface area contributed by atoms with Gasteiger partial charge in [-0.3, -0.25) is 9.10 Å². The lowest BCUT2D eigenvalue weighted by atomic mass is 10.2. The van der Waals surface area contributed by atoms with Crippen LogP contribution >= 0.6 is 0 Å². The van der Waals surface area contributed by atoms with Gasteiger partial charge in [-0.2, -0.15) is 5.10 Å². The summed E-state index contributed by atoms with van der Waals surface area (Å²) < 4.78 is 39.3. The molecule has 0 aromatic heterocycles. The van der Waals surface area contributed by atoms with Crippen LogP contribution in [-0.4, -0.2) is 40.3 Å². The van der Waals surface area contributed by atoms with Gasteiger partial charge < -0.3 is 9.47 Å². The Balaban J connectivity index is 1.84. The van der Waals surface area contributed by atoms with E-state index in [4.69, 9.17) is 9.47 Å². The topological polar surface area (TPSA) is 97.3 Å². The molecule has 3 aromatic rings. The number of benzene rings is 3. The Morgan fingerprint density at radius 1 is 1.00 bits per heavy atom. The van der Waals surface area contributed by atoms with Crippen molar-refractivity contribution < 1.29 is 22.7 Å². The van der Waals surface area contributed by atoms with Gasteiger partial charge in [-0.25, -0.2) is 13.8 Å². The summed E-state index contributed by atoms with van der Waals surface area (Å²) in [6.45, 7) is 7.10. The van der Waals surface area contributed by atoms with Crippen molar-refractivity contribution in [2.24, 2.45) is 5.10 Å². The van der Waals surface area contributed by atoms with Gasteiger partial charge in [-0.15, -0.1) is 0 Å². The Morgan fingerprint density at radius 2 is 1.64 bits per heavy atom. The molecule has 0 saturated heterocycles. The van der Waals surface area contributed by atoms with Crippen LogP contribution in [0.2, 0.25) is 0 Å². The highest BCUT2D eigenvalue weighted by Crippen LogP contribution is 2.33. The lowest BCUT2D eigenvalue weighted by Crippen LogP contribution is -2.39. The summed E-state index contributed by atoms with van der Waals surface area (Å²) in [4.78, 5) is 12.9. The molecule has 1 amide bonds. The van der Waals surface area contributed by atoms with Gasteiger partial charge in [-0.05, 0) is 87.4 Å². The Labute approximate surface area is 212 Å². The molecule has 0 heterocycles. The summed E-state index contributed by atoms with van der Waals surface area (Å²) in [7, 11) is -2.63. The molecule has 0 aliphatic carbocycles. The van der Waals surface area contributed by atoms with Crippen LogP contribution in [-0.2, 0) is 14.8 Å². The van der Waals surface area contributed by atoms with E-state index in [-0.39, 0.29) is 16.7 Å². The summed E-state index contributed by atoms with van der Waals surface area (Å²) in [6, 6.07) is 18.8. The first-order chi connectivity index (χ1) is 17.1. The number of anilines is 1. The molecule has 1 N–H and O–H groups in total. The smallest absolute Gasteiger partial charge is 0.264 e. The zero-order valence-electron chi connectivity index (χ0n) is 21.1. The van der Waals surface area contributed by atoms with E-state index in [1.54, 1.807) is 42.5 Å². The van der Waals surface area contributed by atoms with Crippen LogP contribution in [0.25, 0.3) is 0 Å². The lowest BCUT2D eigenvalue weighted by molar-refractivity contribution is -0.119. The van der Waals surface area contributed by atoms with Crippen molar-refractivity contribution in [1.29, 1.82) is 0 Å². The highest BCUT2D eigenvalue weighted by atomic mass is 32.2. The van der Waals surface area contributed by atoms with Gasteiger partial charge in [0.25, 0.3) is 15.9 Å². The van der Waals surface area contributed by atoms with Crippen molar-refractivity contribution in [2.75, 3.05) is 18.0 Å². The van der Waals surface area contributed by atoms with E-state index in [1.807, 2.05) is 39.8 Å². The van der Waals surface area contributed by atoms with Crippen LogP contribution in [0, 0.1) is 13.8 Å². The SMILES string of the molecule is COc1ccc(C)cc1N(CC(=O)N/N=C\c1ccc(OC(C)C)cc1)S(=O)(=O)c1ccc(C)cc1. The van der Waals surface area contributed by atoms with Gasteiger partial charge in [0.1, 0.15) is 18.0 Å². The van der Waals surface area contributed by atoms with E-state index >= 15 is 0 Å². The number of sulfonamides is 1.